The van der Waals surface area contributed by atoms with Gasteiger partial charge in [-0.1, -0.05) is 72.1 Å². The summed E-state index contributed by atoms with van der Waals surface area (Å²) in [5, 5.41) is 2.26. The highest BCUT2D eigenvalue weighted by Gasteiger charge is 2.29. The maximum Gasteiger partial charge on any atom is 0.0292 e. The van der Waals surface area contributed by atoms with Gasteiger partial charge in [0.1, 0.15) is 0 Å². The summed E-state index contributed by atoms with van der Waals surface area (Å²) in [6.07, 6.45) is 12.4. The molecule has 0 radical (unpaired) electrons. The lowest BCUT2D eigenvalue weighted by molar-refractivity contribution is 0.524. The van der Waals surface area contributed by atoms with Gasteiger partial charge in [-0.3, -0.25) is 0 Å². The fourth-order valence-corrected chi connectivity index (χ4v) is 5.83. The van der Waals surface area contributed by atoms with E-state index in [0.29, 0.717) is 11.3 Å². The summed E-state index contributed by atoms with van der Waals surface area (Å²) in [4.78, 5) is 0. The molecule has 0 aliphatic carbocycles. The van der Waals surface area contributed by atoms with Gasteiger partial charge in [0, 0.05) is 27.5 Å². The van der Waals surface area contributed by atoms with E-state index in [2.05, 4.69) is 44.3 Å². The fourth-order valence-electron chi connectivity index (χ4n) is 2.73. The van der Waals surface area contributed by atoms with Gasteiger partial charge in [0.05, 0.1) is 0 Å². The SMILES string of the molecule is CCCCCCCCCCC(N)C1CSC(C)C(C)S1. The second-order valence-corrected chi connectivity index (χ2v) is 9.38. The molecule has 0 aromatic carbocycles. The van der Waals surface area contributed by atoms with Crippen molar-refractivity contribution in [2.45, 2.75) is 100 Å². The molecule has 1 aliphatic heterocycles. The lowest BCUT2D eigenvalue weighted by atomic mass is 10.0. The molecule has 1 saturated heterocycles. The van der Waals surface area contributed by atoms with E-state index >= 15 is 0 Å². The lowest BCUT2D eigenvalue weighted by Crippen LogP contribution is -2.39. The molecule has 0 aromatic rings. The number of unbranched alkanes of at least 4 members (excludes halogenated alkanes) is 7. The van der Waals surface area contributed by atoms with E-state index in [0.717, 1.165) is 10.5 Å². The van der Waals surface area contributed by atoms with Gasteiger partial charge in [0.25, 0.3) is 0 Å². The van der Waals surface area contributed by atoms with Crippen molar-refractivity contribution in [3.8, 4) is 0 Å². The highest BCUT2D eigenvalue weighted by molar-refractivity contribution is 8.07. The number of thioether (sulfide) groups is 2. The van der Waals surface area contributed by atoms with Gasteiger partial charge < -0.3 is 5.73 Å². The Labute approximate surface area is 135 Å². The molecule has 0 amide bonds. The number of hydrogen-bond acceptors (Lipinski definition) is 3. The third kappa shape index (κ3) is 7.61. The van der Waals surface area contributed by atoms with Crippen molar-refractivity contribution in [2.75, 3.05) is 5.75 Å². The summed E-state index contributed by atoms with van der Waals surface area (Å²) in [6.45, 7) is 6.99. The Bertz CT molecular complexity index is 235. The Balaban J connectivity index is 1.98. The highest BCUT2D eigenvalue weighted by atomic mass is 32.2. The number of hydrogen-bond donors (Lipinski definition) is 1. The van der Waals surface area contributed by atoms with Crippen LogP contribution in [0, 0.1) is 0 Å². The third-order valence-corrected chi connectivity index (χ3v) is 8.01. The second kappa shape index (κ2) is 11.3. The van der Waals surface area contributed by atoms with Gasteiger partial charge >= 0.3 is 0 Å². The average Bonchev–Trinajstić information content (AvgIpc) is 2.44. The van der Waals surface area contributed by atoms with Gasteiger partial charge in [-0.05, 0) is 6.42 Å². The molecular formula is C17H35NS2. The highest BCUT2D eigenvalue weighted by Crippen LogP contribution is 2.37. The van der Waals surface area contributed by atoms with Crippen LogP contribution in [0.3, 0.4) is 0 Å². The van der Waals surface area contributed by atoms with Crippen molar-refractivity contribution in [1.82, 2.24) is 0 Å². The van der Waals surface area contributed by atoms with Crippen molar-refractivity contribution < 1.29 is 0 Å². The topological polar surface area (TPSA) is 26.0 Å². The predicted molar refractivity (Wildman–Crippen MR) is 98.0 cm³/mol. The normalized spacial score (nSPS) is 28.5. The zero-order valence-corrected chi connectivity index (χ0v) is 15.4. The molecule has 0 bridgehead atoms. The van der Waals surface area contributed by atoms with Crippen LogP contribution in [0.15, 0.2) is 0 Å². The molecule has 1 nitrogen and oxygen atoms in total. The van der Waals surface area contributed by atoms with E-state index in [1.54, 1.807) is 0 Å². The predicted octanol–water partition coefficient (Wildman–Crippen LogP) is 5.47. The van der Waals surface area contributed by atoms with Gasteiger partial charge in [-0.2, -0.15) is 23.5 Å². The maximum atomic E-state index is 6.40. The van der Waals surface area contributed by atoms with Crippen molar-refractivity contribution in [3.63, 3.8) is 0 Å². The standard InChI is InChI=1S/C17H35NS2/c1-4-5-6-7-8-9-10-11-12-16(18)17-13-19-14(2)15(3)20-17/h14-17H,4-13,18H2,1-3H3. The van der Waals surface area contributed by atoms with Gasteiger partial charge in [0.15, 0.2) is 0 Å². The molecule has 4 atom stereocenters. The fraction of sp³-hybridized carbons (Fsp3) is 1.00. The molecule has 4 unspecified atom stereocenters. The molecule has 1 aliphatic rings. The quantitative estimate of drug-likeness (QED) is 0.541. The van der Waals surface area contributed by atoms with Crippen LogP contribution >= 0.6 is 23.5 Å². The van der Waals surface area contributed by atoms with Crippen molar-refractivity contribution in [2.24, 2.45) is 5.73 Å². The molecule has 2 N–H and O–H groups in total. The van der Waals surface area contributed by atoms with Crippen LogP contribution in [-0.4, -0.2) is 27.5 Å². The Morgan fingerprint density at radius 3 is 2.15 bits per heavy atom. The molecule has 1 fully saturated rings. The minimum Gasteiger partial charge on any atom is -0.327 e. The van der Waals surface area contributed by atoms with E-state index in [1.165, 1.54) is 63.5 Å². The Morgan fingerprint density at radius 2 is 1.55 bits per heavy atom. The Morgan fingerprint density at radius 1 is 0.950 bits per heavy atom. The van der Waals surface area contributed by atoms with Crippen LogP contribution in [0.2, 0.25) is 0 Å². The van der Waals surface area contributed by atoms with E-state index in [-0.39, 0.29) is 0 Å². The van der Waals surface area contributed by atoms with E-state index in [9.17, 15) is 0 Å². The average molecular weight is 318 g/mol. The molecule has 1 heterocycles. The van der Waals surface area contributed by atoms with Crippen molar-refractivity contribution in [3.05, 3.63) is 0 Å². The zero-order chi connectivity index (χ0) is 14.8. The van der Waals surface area contributed by atoms with Gasteiger partial charge in [0.2, 0.25) is 0 Å². The van der Waals surface area contributed by atoms with Crippen LogP contribution in [0.1, 0.15) is 78.6 Å². The lowest BCUT2D eigenvalue weighted by Gasteiger charge is -2.34. The monoisotopic (exact) mass is 317 g/mol. The summed E-state index contributed by atoms with van der Waals surface area (Å²) < 4.78 is 0. The summed E-state index contributed by atoms with van der Waals surface area (Å²) in [6, 6.07) is 0.419. The van der Waals surface area contributed by atoms with Gasteiger partial charge in [-0.15, -0.1) is 0 Å². The van der Waals surface area contributed by atoms with Crippen molar-refractivity contribution >= 4 is 23.5 Å². The largest absolute Gasteiger partial charge is 0.327 e. The van der Waals surface area contributed by atoms with E-state index in [1.807, 2.05) is 0 Å². The molecule has 3 heteroatoms. The minimum atomic E-state index is 0.419. The van der Waals surface area contributed by atoms with Crippen LogP contribution in [0.25, 0.3) is 0 Å². The Hall–Kier alpha value is 0.660. The zero-order valence-electron chi connectivity index (χ0n) is 13.8. The summed E-state index contributed by atoms with van der Waals surface area (Å²) in [7, 11) is 0. The first-order chi connectivity index (χ1) is 9.65. The molecule has 0 aromatic heterocycles. The summed E-state index contributed by atoms with van der Waals surface area (Å²) in [5.41, 5.74) is 6.40. The number of nitrogens with two attached hydrogens (primary N) is 1. The van der Waals surface area contributed by atoms with Crippen molar-refractivity contribution in [1.29, 1.82) is 0 Å². The van der Waals surface area contributed by atoms with Crippen LogP contribution < -0.4 is 5.73 Å². The van der Waals surface area contributed by atoms with Crippen LogP contribution in [-0.2, 0) is 0 Å². The summed E-state index contributed by atoms with van der Waals surface area (Å²) in [5.74, 6) is 1.26. The second-order valence-electron chi connectivity index (χ2n) is 6.35. The van der Waals surface area contributed by atoms with Crippen LogP contribution in [0.5, 0.6) is 0 Å². The smallest absolute Gasteiger partial charge is 0.0292 e. The van der Waals surface area contributed by atoms with E-state index < -0.39 is 0 Å². The Kier molecular flexibility index (Phi) is 10.5. The maximum absolute atomic E-state index is 6.40. The first-order valence-corrected chi connectivity index (χ1v) is 10.7. The molecule has 0 saturated carbocycles. The first kappa shape index (κ1) is 18.7. The molecule has 120 valence electrons. The molecule has 20 heavy (non-hydrogen) atoms. The molecular weight excluding hydrogens is 282 g/mol. The molecule has 1 rings (SSSR count). The molecule has 0 spiro atoms. The number of rotatable bonds is 10. The minimum absolute atomic E-state index is 0.419. The summed E-state index contributed by atoms with van der Waals surface area (Å²) >= 11 is 4.25. The van der Waals surface area contributed by atoms with Crippen LogP contribution in [0.4, 0.5) is 0 Å². The first-order valence-electron chi connectivity index (χ1n) is 8.67. The van der Waals surface area contributed by atoms with E-state index in [4.69, 9.17) is 5.73 Å². The van der Waals surface area contributed by atoms with Gasteiger partial charge in [-0.25, -0.2) is 0 Å². The third-order valence-electron chi connectivity index (χ3n) is 4.44.